The summed E-state index contributed by atoms with van der Waals surface area (Å²) in [7, 11) is 3.80. The molecule has 2 aliphatic heterocycles. The van der Waals surface area contributed by atoms with Gasteiger partial charge in [-0.3, -0.25) is 9.59 Å². The van der Waals surface area contributed by atoms with Crippen LogP contribution in [0.2, 0.25) is 0 Å². The highest BCUT2D eigenvalue weighted by atomic mass is 16.2. The summed E-state index contributed by atoms with van der Waals surface area (Å²) in [5.41, 5.74) is 3.46. The lowest BCUT2D eigenvalue weighted by Crippen LogP contribution is -2.48. The third-order valence-electron chi connectivity index (χ3n) is 5.54. The number of carbonyl (C=O) groups excluding carboxylic acids is 1. The molecule has 2 aromatic heterocycles. The van der Waals surface area contributed by atoms with Gasteiger partial charge in [-0.15, -0.1) is 0 Å². The van der Waals surface area contributed by atoms with E-state index in [-0.39, 0.29) is 17.4 Å². The maximum Gasteiger partial charge on any atom is 0.251 e. The number of hydrogen-bond donors (Lipinski definition) is 0. The van der Waals surface area contributed by atoms with Gasteiger partial charge in [-0.1, -0.05) is 0 Å². The van der Waals surface area contributed by atoms with Crippen molar-refractivity contribution in [3.8, 4) is 11.3 Å². The molecular formula is C20H25N5O2. The van der Waals surface area contributed by atoms with E-state index in [1.165, 1.54) is 0 Å². The van der Waals surface area contributed by atoms with E-state index >= 15 is 0 Å². The molecule has 2 aliphatic rings. The highest BCUT2D eigenvalue weighted by Crippen LogP contribution is 2.36. The number of pyridine rings is 1. The van der Waals surface area contributed by atoms with Gasteiger partial charge < -0.3 is 14.4 Å². The molecule has 1 saturated heterocycles. The lowest BCUT2D eigenvalue weighted by molar-refractivity contribution is -0.131. The number of amides is 1. The number of anilines is 1. The summed E-state index contributed by atoms with van der Waals surface area (Å²) in [6, 6.07) is 5.66. The lowest BCUT2D eigenvalue weighted by atomic mass is 9.82. The summed E-state index contributed by atoms with van der Waals surface area (Å²) < 4.78 is 1.89. The van der Waals surface area contributed by atoms with Gasteiger partial charge in [-0.05, 0) is 31.4 Å². The molecule has 0 N–H and O–H groups in total. The van der Waals surface area contributed by atoms with Crippen molar-refractivity contribution in [3.05, 3.63) is 39.9 Å². The quantitative estimate of drug-likeness (QED) is 0.807. The van der Waals surface area contributed by atoms with Crippen LogP contribution in [0.4, 0.5) is 5.95 Å². The van der Waals surface area contributed by atoms with Gasteiger partial charge in [-0.25, -0.2) is 9.97 Å². The first-order valence-corrected chi connectivity index (χ1v) is 9.35. The van der Waals surface area contributed by atoms with Gasteiger partial charge in [0.25, 0.3) is 5.56 Å². The first-order valence-electron chi connectivity index (χ1n) is 9.35. The fourth-order valence-electron chi connectivity index (χ4n) is 4.26. The van der Waals surface area contributed by atoms with Crippen LogP contribution < -0.4 is 10.5 Å². The van der Waals surface area contributed by atoms with E-state index in [4.69, 9.17) is 0 Å². The van der Waals surface area contributed by atoms with Crippen LogP contribution in [0.3, 0.4) is 0 Å². The predicted octanol–water partition coefficient (Wildman–Crippen LogP) is 1.65. The minimum absolute atomic E-state index is 0.0103. The summed E-state index contributed by atoms with van der Waals surface area (Å²) in [5.74, 6) is 1.29. The van der Waals surface area contributed by atoms with E-state index in [2.05, 4.69) is 16.0 Å². The number of rotatable bonds is 2. The second kappa shape index (κ2) is 6.48. The zero-order valence-electron chi connectivity index (χ0n) is 16.3. The van der Waals surface area contributed by atoms with Crippen molar-refractivity contribution in [1.82, 2.24) is 19.4 Å². The molecular weight excluding hydrogens is 342 g/mol. The number of aromatic nitrogens is 3. The molecule has 7 nitrogen and oxygen atoms in total. The number of nitrogens with zero attached hydrogens (tertiary/aromatic N) is 5. The van der Waals surface area contributed by atoms with Crippen molar-refractivity contribution in [2.45, 2.75) is 32.7 Å². The van der Waals surface area contributed by atoms with Crippen molar-refractivity contribution < 1.29 is 4.79 Å². The Morgan fingerprint density at radius 2 is 1.93 bits per heavy atom. The molecule has 7 heteroatoms. The van der Waals surface area contributed by atoms with E-state index in [0.29, 0.717) is 25.0 Å². The third kappa shape index (κ3) is 3.22. The van der Waals surface area contributed by atoms with Gasteiger partial charge >= 0.3 is 0 Å². The van der Waals surface area contributed by atoms with Gasteiger partial charge in [0, 0.05) is 69.6 Å². The van der Waals surface area contributed by atoms with Crippen LogP contribution >= 0.6 is 0 Å². The predicted molar refractivity (Wildman–Crippen MR) is 104 cm³/mol. The Bertz CT molecular complexity index is 965. The Kier molecular flexibility index (Phi) is 4.25. The van der Waals surface area contributed by atoms with Gasteiger partial charge in [-0.2, -0.15) is 0 Å². The SMILES string of the molecule is CC(=O)N1C[C@@H]2C[C@H](C1)c1cc(-c3cc(C)nc(N(C)C)n3)cc(=O)n1C2. The van der Waals surface area contributed by atoms with Crippen LogP contribution in [0.1, 0.15) is 30.7 Å². The van der Waals surface area contributed by atoms with E-state index in [1.807, 2.05) is 41.5 Å². The largest absolute Gasteiger partial charge is 0.347 e. The molecule has 4 heterocycles. The molecule has 2 atom stereocenters. The van der Waals surface area contributed by atoms with Crippen molar-refractivity contribution in [2.24, 2.45) is 5.92 Å². The lowest BCUT2D eigenvalue weighted by Gasteiger charge is -2.42. The summed E-state index contributed by atoms with van der Waals surface area (Å²) in [6.45, 7) is 5.66. The van der Waals surface area contributed by atoms with E-state index in [0.717, 1.165) is 35.6 Å². The molecule has 0 aliphatic carbocycles. The zero-order valence-corrected chi connectivity index (χ0v) is 16.3. The van der Waals surface area contributed by atoms with E-state index in [1.54, 1.807) is 13.0 Å². The zero-order chi connectivity index (χ0) is 19.3. The Hall–Kier alpha value is -2.70. The third-order valence-corrected chi connectivity index (χ3v) is 5.54. The molecule has 1 amide bonds. The average molecular weight is 367 g/mol. The minimum atomic E-state index is 0.0103. The number of piperidine rings is 1. The molecule has 1 fully saturated rings. The van der Waals surface area contributed by atoms with Crippen molar-refractivity contribution in [3.63, 3.8) is 0 Å². The van der Waals surface area contributed by atoms with Crippen LogP contribution in [0.25, 0.3) is 11.3 Å². The number of hydrogen-bond acceptors (Lipinski definition) is 5. The second-order valence-electron chi connectivity index (χ2n) is 7.93. The van der Waals surface area contributed by atoms with Crippen molar-refractivity contribution in [2.75, 3.05) is 32.1 Å². The first-order chi connectivity index (χ1) is 12.8. The van der Waals surface area contributed by atoms with Gasteiger partial charge in [0.15, 0.2) is 0 Å². The second-order valence-corrected chi connectivity index (χ2v) is 7.93. The van der Waals surface area contributed by atoms with Crippen LogP contribution in [-0.4, -0.2) is 52.5 Å². The smallest absolute Gasteiger partial charge is 0.251 e. The van der Waals surface area contributed by atoms with Crippen LogP contribution in [0, 0.1) is 12.8 Å². The van der Waals surface area contributed by atoms with E-state index < -0.39 is 0 Å². The maximum absolute atomic E-state index is 12.8. The fraction of sp³-hybridized carbons (Fsp3) is 0.500. The molecule has 142 valence electrons. The van der Waals surface area contributed by atoms with Gasteiger partial charge in [0.05, 0.1) is 5.69 Å². The molecule has 27 heavy (non-hydrogen) atoms. The molecule has 2 bridgehead atoms. The first kappa shape index (κ1) is 17.7. The monoisotopic (exact) mass is 367 g/mol. The molecule has 0 aromatic carbocycles. The maximum atomic E-state index is 12.8. The fourth-order valence-corrected chi connectivity index (χ4v) is 4.26. The highest BCUT2D eigenvalue weighted by Gasteiger charge is 2.35. The van der Waals surface area contributed by atoms with Crippen molar-refractivity contribution >= 4 is 11.9 Å². The van der Waals surface area contributed by atoms with Gasteiger partial charge in [0.2, 0.25) is 11.9 Å². The summed E-state index contributed by atoms with van der Waals surface area (Å²) in [4.78, 5) is 37.5. The summed E-state index contributed by atoms with van der Waals surface area (Å²) in [5, 5.41) is 0. The molecule has 0 spiro atoms. The topological polar surface area (TPSA) is 71.3 Å². The Morgan fingerprint density at radius 1 is 1.15 bits per heavy atom. The van der Waals surface area contributed by atoms with Crippen LogP contribution in [-0.2, 0) is 11.3 Å². The molecule has 0 radical (unpaired) electrons. The molecule has 0 unspecified atom stereocenters. The number of fused-ring (bicyclic) bond motifs is 4. The van der Waals surface area contributed by atoms with E-state index in [9.17, 15) is 9.59 Å². The standard InChI is InChI=1S/C20H25N5O2/c1-12-5-17(22-20(21-12)23(3)4)15-7-18-16-6-14(9-24(11-16)13(2)26)10-25(18)19(27)8-15/h5,7-8,14,16H,6,9-11H2,1-4H3/t14-,16+/m0/s1. The number of aryl methyl sites for hydroxylation is 1. The highest BCUT2D eigenvalue weighted by molar-refractivity contribution is 5.73. The average Bonchev–Trinajstić information content (AvgIpc) is 2.61. The normalized spacial score (nSPS) is 21.0. The number of carbonyl (C=O) groups is 1. The van der Waals surface area contributed by atoms with Gasteiger partial charge in [0.1, 0.15) is 0 Å². The summed E-state index contributed by atoms with van der Waals surface area (Å²) in [6.07, 6.45) is 1.03. The number of likely N-dealkylation sites (tertiary alicyclic amines) is 1. The molecule has 4 rings (SSSR count). The minimum Gasteiger partial charge on any atom is -0.347 e. The van der Waals surface area contributed by atoms with Crippen LogP contribution in [0.15, 0.2) is 23.0 Å². The Balaban J connectivity index is 1.79. The summed E-state index contributed by atoms with van der Waals surface area (Å²) >= 11 is 0. The van der Waals surface area contributed by atoms with Crippen molar-refractivity contribution in [1.29, 1.82) is 0 Å². The molecule has 2 aromatic rings. The molecule has 0 saturated carbocycles. The Labute approximate surface area is 158 Å². The van der Waals surface area contributed by atoms with Crippen LogP contribution in [0.5, 0.6) is 0 Å². The Morgan fingerprint density at radius 3 is 2.63 bits per heavy atom.